The minimum atomic E-state index is -0.152. The molecule has 2 heterocycles. The van der Waals surface area contributed by atoms with Gasteiger partial charge in [-0.25, -0.2) is 4.79 Å². The Morgan fingerprint density at radius 3 is 2.68 bits per heavy atom. The monoisotopic (exact) mass is 321 g/mol. The Kier molecular flexibility index (Phi) is 5.62. The summed E-state index contributed by atoms with van der Waals surface area (Å²) in [5.41, 5.74) is 1.35. The Hall–Kier alpha value is -1.20. The van der Waals surface area contributed by atoms with Crippen molar-refractivity contribution in [1.82, 2.24) is 4.90 Å². The Morgan fingerprint density at radius 1 is 1.14 bits per heavy atom. The van der Waals surface area contributed by atoms with E-state index in [-0.39, 0.29) is 12.2 Å². The quantitative estimate of drug-likeness (QED) is 0.836. The molecule has 1 aromatic carbocycles. The summed E-state index contributed by atoms with van der Waals surface area (Å²) < 4.78 is 10.9. The van der Waals surface area contributed by atoms with E-state index in [0.29, 0.717) is 18.5 Å². The summed E-state index contributed by atoms with van der Waals surface area (Å²) >= 11 is 1.93. The van der Waals surface area contributed by atoms with Crippen molar-refractivity contribution in [3.63, 3.8) is 0 Å². The number of benzene rings is 1. The molecule has 0 aliphatic carbocycles. The van der Waals surface area contributed by atoms with E-state index in [1.165, 1.54) is 5.56 Å². The highest BCUT2D eigenvalue weighted by molar-refractivity contribution is 7.99. The molecule has 3 rings (SSSR count). The van der Waals surface area contributed by atoms with Gasteiger partial charge in [0.05, 0.1) is 13.2 Å². The van der Waals surface area contributed by atoms with E-state index in [9.17, 15) is 4.79 Å². The average molecular weight is 321 g/mol. The fourth-order valence-corrected chi connectivity index (χ4v) is 4.13. The van der Waals surface area contributed by atoms with Crippen LogP contribution < -0.4 is 0 Å². The minimum absolute atomic E-state index is 0.0297. The van der Waals surface area contributed by atoms with Gasteiger partial charge in [0.15, 0.2) is 0 Å². The molecular formula is C17H23NO3S. The minimum Gasteiger partial charge on any atom is -0.446 e. The molecular weight excluding hydrogens is 298 g/mol. The third-order valence-corrected chi connectivity index (χ3v) is 5.54. The maximum absolute atomic E-state index is 12.3. The Labute approximate surface area is 136 Å². The SMILES string of the molecule is O=C(OC1CCOCC1)N1CCS[C@@H](c2ccccc2)CC1. The van der Waals surface area contributed by atoms with Gasteiger partial charge < -0.3 is 14.4 Å². The molecule has 1 aromatic rings. The summed E-state index contributed by atoms with van der Waals surface area (Å²) in [4.78, 5) is 14.2. The first-order valence-corrected chi connectivity index (χ1v) is 9.07. The number of carbonyl (C=O) groups is 1. The molecule has 2 saturated heterocycles. The number of thioether (sulfide) groups is 1. The Morgan fingerprint density at radius 2 is 1.91 bits per heavy atom. The van der Waals surface area contributed by atoms with Crippen molar-refractivity contribution in [1.29, 1.82) is 0 Å². The van der Waals surface area contributed by atoms with E-state index in [1.54, 1.807) is 0 Å². The molecule has 0 bridgehead atoms. The number of carbonyl (C=O) groups excluding carboxylic acids is 1. The second kappa shape index (κ2) is 7.88. The van der Waals surface area contributed by atoms with Crippen LogP contribution in [0.5, 0.6) is 0 Å². The summed E-state index contributed by atoms with van der Waals surface area (Å²) in [6.45, 7) is 2.94. The smallest absolute Gasteiger partial charge is 0.410 e. The number of hydrogen-bond donors (Lipinski definition) is 0. The van der Waals surface area contributed by atoms with Crippen LogP contribution in [-0.2, 0) is 9.47 Å². The number of amides is 1. The van der Waals surface area contributed by atoms with Gasteiger partial charge in [-0.2, -0.15) is 11.8 Å². The third-order valence-electron chi connectivity index (χ3n) is 4.21. The van der Waals surface area contributed by atoms with Gasteiger partial charge in [-0.15, -0.1) is 0 Å². The van der Waals surface area contributed by atoms with Gasteiger partial charge in [0.2, 0.25) is 0 Å². The molecule has 2 fully saturated rings. The maximum atomic E-state index is 12.3. The summed E-state index contributed by atoms with van der Waals surface area (Å²) in [5.74, 6) is 0.961. The first-order valence-electron chi connectivity index (χ1n) is 8.03. The van der Waals surface area contributed by atoms with Crippen LogP contribution in [0.3, 0.4) is 0 Å². The summed E-state index contributed by atoms with van der Waals surface area (Å²) in [7, 11) is 0. The van der Waals surface area contributed by atoms with Crippen molar-refractivity contribution in [2.75, 3.05) is 32.1 Å². The molecule has 1 amide bonds. The van der Waals surface area contributed by atoms with Crippen LogP contribution in [0, 0.1) is 0 Å². The van der Waals surface area contributed by atoms with Crippen molar-refractivity contribution >= 4 is 17.9 Å². The fraction of sp³-hybridized carbons (Fsp3) is 0.588. The zero-order chi connectivity index (χ0) is 15.2. The first kappa shape index (κ1) is 15.7. The molecule has 1 atom stereocenters. The number of hydrogen-bond acceptors (Lipinski definition) is 4. The van der Waals surface area contributed by atoms with Gasteiger partial charge in [0.1, 0.15) is 6.10 Å². The number of nitrogens with zero attached hydrogens (tertiary/aromatic N) is 1. The second-order valence-corrected chi connectivity index (χ2v) is 7.05. The second-order valence-electron chi connectivity index (χ2n) is 5.74. The van der Waals surface area contributed by atoms with E-state index in [0.717, 1.165) is 38.1 Å². The number of rotatable bonds is 2. The highest BCUT2D eigenvalue weighted by atomic mass is 32.2. The average Bonchev–Trinajstić information content (AvgIpc) is 2.83. The van der Waals surface area contributed by atoms with E-state index in [2.05, 4.69) is 24.3 Å². The molecule has 4 nitrogen and oxygen atoms in total. The molecule has 2 aliphatic heterocycles. The molecule has 5 heteroatoms. The topological polar surface area (TPSA) is 38.8 Å². The molecule has 22 heavy (non-hydrogen) atoms. The zero-order valence-corrected chi connectivity index (χ0v) is 13.6. The molecule has 0 unspecified atom stereocenters. The molecule has 0 spiro atoms. The largest absolute Gasteiger partial charge is 0.446 e. The van der Waals surface area contributed by atoms with Crippen LogP contribution in [0.1, 0.15) is 30.1 Å². The maximum Gasteiger partial charge on any atom is 0.410 e. The van der Waals surface area contributed by atoms with Crippen molar-refractivity contribution < 1.29 is 14.3 Å². The van der Waals surface area contributed by atoms with E-state index >= 15 is 0 Å². The van der Waals surface area contributed by atoms with E-state index in [4.69, 9.17) is 9.47 Å². The van der Waals surface area contributed by atoms with E-state index < -0.39 is 0 Å². The highest BCUT2D eigenvalue weighted by Crippen LogP contribution is 2.34. The van der Waals surface area contributed by atoms with Gasteiger partial charge in [0.25, 0.3) is 0 Å². The predicted octanol–water partition coefficient (Wildman–Crippen LogP) is 3.48. The lowest BCUT2D eigenvalue weighted by molar-refractivity contribution is -0.00961. The molecule has 0 saturated carbocycles. The van der Waals surface area contributed by atoms with Crippen LogP contribution in [-0.4, -0.2) is 49.2 Å². The van der Waals surface area contributed by atoms with Crippen LogP contribution in [0.2, 0.25) is 0 Å². The van der Waals surface area contributed by atoms with Crippen molar-refractivity contribution in [3.05, 3.63) is 35.9 Å². The summed E-state index contributed by atoms with van der Waals surface area (Å²) in [5, 5.41) is 0.474. The summed E-state index contributed by atoms with van der Waals surface area (Å²) in [6.07, 6.45) is 2.50. The molecule has 0 N–H and O–H groups in total. The lowest BCUT2D eigenvalue weighted by atomic mass is 10.1. The van der Waals surface area contributed by atoms with Crippen molar-refractivity contribution in [2.24, 2.45) is 0 Å². The van der Waals surface area contributed by atoms with Gasteiger partial charge >= 0.3 is 6.09 Å². The van der Waals surface area contributed by atoms with Gasteiger partial charge in [0, 0.05) is 36.9 Å². The Bertz CT molecular complexity index is 476. The van der Waals surface area contributed by atoms with Gasteiger partial charge in [-0.05, 0) is 12.0 Å². The molecule has 0 aromatic heterocycles. The van der Waals surface area contributed by atoms with Crippen LogP contribution in [0.15, 0.2) is 30.3 Å². The normalized spacial score (nSPS) is 23.8. The van der Waals surface area contributed by atoms with Crippen LogP contribution in [0.4, 0.5) is 4.79 Å². The van der Waals surface area contributed by atoms with Crippen molar-refractivity contribution in [2.45, 2.75) is 30.6 Å². The lowest BCUT2D eigenvalue weighted by Crippen LogP contribution is -2.37. The number of ether oxygens (including phenoxy) is 2. The standard InChI is InChI=1S/C17H23NO3S/c19-17(21-15-7-11-20-12-8-15)18-9-6-16(22-13-10-18)14-4-2-1-3-5-14/h1-5,15-16H,6-13H2/t16-/m1/s1. The molecule has 120 valence electrons. The predicted molar refractivity (Wildman–Crippen MR) is 88.2 cm³/mol. The fourth-order valence-electron chi connectivity index (χ4n) is 2.90. The van der Waals surface area contributed by atoms with Crippen molar-refractivity contribution in [3.8, 4) is 0 Å². The van der Waals surface area contributed by atoms with Gasteiger partial charge in [-0.3, -0.25) is 0 Å². The third kappa shape index (κ3) is 4.17. The van der Waals surface area contributed by atoms with Crippen LogP contribution >= 0.6 is 11.8 Å². The highest BCUT2D eigenvalue weighted by Gasteiger charge is 2.25. The Balaban J connectivity index is 1.52. The first-order chi connectivity index (χ1) is 10.8. The molecule has 2 aliphatic rings. The molecule has 0 radical (unpaired) electrons. The lowest BCUT2D eigenvalue weighted by Gasteiger charge is -2.26. The summed E-state index contributed by atoms with van der Waals surface area (Å²) in [6, 6.07) is 10.6. The van der Waals surface area contributed by atoms with Gasteiger partial charge in [-0.1, -0.05) is 30.3 Å². The van der Waals surface area contributed by atoms with E-state index in [1.807, 2.05) is 22.7 Å². The van der Waals surface area contributed by atoms with Crippen LogP contribution in [0.25, 0.3) is 0 Å². The zero-order valence-electron chi connectivity index (χ0n) is 12.8.